The van der Waals surface area contributed by atoms with E-state index in [0.717, 1.165) is 11.3 Å². The van der Waals surface area contributed by atoms with E-state index >= 15 is 0 Å². The third-order valence-electron chi connectivity index (χ3n) is 3.33. The first kappa shape index (κ1) is 14.0. The fraction of sp³-hybridized carbons (Fsp3) is 0. The van der Waals surface area contributed by atoms with Crippen molar-refractivity contribution in [1.82, 2.24) is 35.1 Å². The first-order valence-electron chi connectivity index (χ1n) is 7.24. The molecule has 4 aromatic heterocycles. The van der Waals surface area contributed by atoms with Crippen molar-refractivity contribution in [3.63, 3.8) is 0 Å². The van der Waals surface area contributed by atoms with Crippen LogP contribution in [0.25, 0.3) is 34.2 Å². The Morgan fingerprint density at radius 3 is 2.00 bits per heavy atom. The monoisotopic (exact) mass is 313 g/mol. The second-order valence-electron chi connectivity index (χ2n) is 4.90. The van der Waals surface area contributed by atoms with Gasteiger partial charge in [0.2, 0.25) is 0 Å². The van der Waals surface area contributed by atoms with Crippen LogP contribution in [0, 0.1) is 0 Å². The Kier molecular flexibility index (Phi) is 3.65. The summed E-state index contributed by atoms with van der Waals surface area (Å²) >= 11 is 0. The van der Waals surface area contributed by atoms with E-state index in [4.69, 9.17) is 0 Å². The van der Waals surface area contributed by atoms with E-state index in [1.165, 1.54) is 0 Å². The number of hydrogen-bond donors (Lipinski definition) is 0. The number of pyridine rings is 1. The predicted molar refractivity (Wildman–Crippen MR) is 87.3 cm³/mol. The molecule has 4 rings (SSSR count). The quantitative estimate of drug-likeness (QED) is 0.573. The van der Waals surface area contributed by atoms with Crippen molar-refractivity contribution in [3.05, 3.63) is 67.5 Å². The lowest BCUT2D eigenvalue weighted by molar-refractivity contribution is 1.01. The fourth-order valence-electron chi connectivity index (χ4n) is 2.15. The molecule has 0 fully saturated rings. The van der Waals surface area contributed by atoms with E-state index < -0.39 is 0 Å². The summed E-state index contributed by atoms with van der Waals surface area (Å²) in [5.41, 5.74) is 3.59. The maximum absolute atomic E-state index is 4.35. The van der Waals surface area contributed by atoms with Gasteiger partial charge in [-0.1, -0.05) is 6.07 Å². The Bertz CT molecular complexity index is 843. The molecule has 0 saturated heterocycles. The number of aromatic nitrogens is 7. The van der Waals surface area contributed by atoms with Crippen molar-refractivity contribution in [1.29, 1.82) is 0 Å². The fourth-order valence-corrected chi connectivity index (χ4v) is 2.15. The highest BCUT2D eigenvalue weighted by Gasteiger charge is 2.07. The Labute approximate surface area is 137 Å². The van der Waals surface area contributed by atoms with Crippen molar-refractivity contribution in [3.8, 4) is 34.2 Å². The summed E-state index contributed by atoms with van der Waals surface area (Å²) in [6, 6.07) is 9.34. The zero-order valence-corrected chi connectivity index (χ0v) is 12.5. The predicted octanol–water partition coefficient (Wildman–Crippen LogP) is 2.45. The molecule has 0 unspecified atom stereocenters. The Morgan fingerprint density at radius 1 is 0.542 bits per heavy atom. The summed E-state index contributed by atoms with van der Waals surface area (Å²) in [7, 11) is 0. The lowest BCUT2D eigenvalue weighted by Crippen LogP contribution is -1.96. The smallest absolute Gasteiger partial charge is 0.180 e. The van der Waals surface area contributed by atoms with E-state index in [2.05, 4.69) is 35.1 Å². The van der Waals surface area contributed by atoms with Crippen LogP contribution in [0.3, 0.4) is 0 Å². The topological polar surface area (TPSA) is 90.2 Å². The van der Waals surface area contributed by atoms with Crippen LogP contribution >= 0.6 is 0 Å². The van der Waals surface area contributed by atoms with Crippen LogP contribution in [0.1, 0.15) is 0 Å². The van der Waals surface area contributed by atoms with Crippen molar-refractivity contribution in [2.75, 3.05) is 0 Å². The van der Waals surface area contributed by atoms with Gasteiger partial charge in [-0.3, -0.25) is 15.0 Å². The standard InChI is InChI=1S/C17H11N7/c1-2-6-19-13(3-1)12-9-21-17(22-10-12)15-5-4-14(23-24-15)16-11-18-7-8-20-16/h1-11H. The van der Waals surface area contributed by atoms with Gasteiger partial charge in [-0.15, -0.1) is 10.2 Å². The van der Waals surface area contributed by atoms with E-state index in [1.54, 1.807) is 37.2 Å². The molecule has 24 heavy (non-hydrogen) atoms. The summed E-state index contributed by atoms with van der Waals surface area (Å²) in [6.45, 7) is 0. The second-order valence-corrected chi connectivity index (χ2v) is 4.90. The normalized spacial score (nSPS) is 10.5. The number of nitrogens with zero attached hydrogens (tertiary/aromatic N) is 7. The Hall–Kier alpha value is -3.61. The third kappa shape index (κ3) is 2.82. The van der Waals surface area contributed by atoms with Gasteiger partial charge in [0.15, 0.2) is 5.82 Å². The molecule has 0 amide bonds. The average molecular weight is 313 g/mol. The van der Waals surface area contributed by atoms with Crippen molar-refractivity contribution in [2.45, 2.75) is 0 Å². The van der Waals surface area contributed by atoms with Gasteiger partial charge in [-0.2, -0.15) is 0 Å². The van der Waals surface area contributed by atoms with Gasteiger partial charge in [0, 0.05) is 36.5 Å². The average Bonchev–Trinajstić information content (AvgIpc) is 2.70. The van der Waals surface area contributed by atoms with E-state index in [1.807, 2.05) is 30.3 Å². The molecule has 4 heterocycles. The van der Waals surface area contributed by atoms with E-state index in [0.29, 0.717) is 22.9 Å². The van der Waals surface area contributed by atoms with Crippen LogP contribution in [-0.2, 0) is 0 Å². The van der Waals surface area contributed by atoms with Crippen molar-refractivity contribution < 1.29 is 0 Å². The highest BCUT2D eigenvalue weighted by atomic mass is 15.1. The molecular formula is C17H11N7. The largest absolute Gasteiger partial charge is 0.261 e. The molecule has 0 N–H and O–H groups in total. The van der Waals surface area contributed by atoms with Crippen molar-refractivity contribution in [2.24, 2.45) is 0 Å². The van der Waals surface area contributed by atoms with Gasteiger partial charge in [0.25, 0.3) is 0 Å². The molecule has 4 aromatic rings. The molecule has 7 nitrogen and oxygen atoms in total. The molecule has 0 spiro atoms. The van der Waals surface area contributed by atoms with E-state index in [9.17, 15) is 0 Å². The van der Waals surface area contributed by atoms with Crippen LogP contribution in [0.15, 0.2) is 67.5 Å². The van der Waals surface area contributed by atoms with Gasteiger partial charge < -0.3 is 0 Å². The number of hydrogen-bond acceptors (Lipinski definition) is 7. The zero-order valence-electron chi connectivity index (χ0n) is 12.5. The lowest BCUT2D eigenvalue weighted by Gasteiger charge is -2.02. The van der Waals surface area contributed by atoms with Crippen LogP contribution in [-0.4, -0.2) is 35.1 Å². The minimum atomic E-state index is 0.507. The summed E-state index contributed by atoms with van der Waals surface area (Å²) < 4.78 is 0. The highest BCUT2D eigenvalue weighted by Crippen LogP contribution is 2.18. The molecule has 0 aliphatic heterocycles. The van der Waals surface area contributed by atoms with Gasteiger partial charge in [0.1, 0.15) is 17.1 Å². The van der Waals surface area contributed by atoms with Gasteiger partial charge in [0.05, 0.1) is 11.9 Å². The maximum Gasteiger partial charge on any atom is 0.180 e. The maximum atomic E-state index is 4.35. The third-order valence-corrected chi connectivity index (χ3v) is 3.33. The summed E-state index contributed by atoms with van der Waals surface area (Å²) in [5, 5.41) is 8.33. The van der Waals surface area contributed by atoms with Crippen LogP contribution in [0.5, 0.6) is 0 Å². The molecule has 0 aliphatic rings. The molecule has 0 bridgehead atoms. The molecule has 0 saturated carbocycles. The van der Waals surface area contributed by atoms with Gasteiger partial charge in [-0.05, 0) is 24.3 Å². The van der Waals surface area contributed by atoms with Crippen LogP contribution in [0.2, 0.25) is 0 Å². The molecule has 114 valence electrons. The Morgan fingerprint density at radius 2 is 1.33 bits per heavy atom. The first-order valence-corrected chi connectivity index (χ1v) is 7.24. The molecule has 7 heteroatoms. The summed E-state index contributed by atoms with van der Waals surface area (Å²) in [6.07, 6.45) is 10.1. The molecule has 0 aromatic carbocycles. The van der Waals surface area contributed by atoms with Gasteiger partial charge >= 0.3 is 0 Å². The zero-order chi connectivity index (χ0) is 16.2. The lowest BCUT2D eigenvalue weighted by atomic mass is 10.2. The van der Waals surface area contributed by atoms with Gasteiger partial charge in [-0.25, -0.2) is 9.97 Å². The van der Waals surface area contributed by atoms with Crippen LogP contribution < -0.4 is 0 Å². The number of rotatable bonds is 3. The minimum Gasteiger partial charge on any atom is -0.261 e. The first-order chi connectivity index (χ1) is 11.9. The van der Waals surface area contributed by atoms with Crippen molar-refractivity contribution >= 4 is 0 Å². The minimum absolute atomic E-state index is 0.507. The Balaban J connectivity index is 1.60. The highest BCUT2D eigenvalue weighted by molar-refractivity contribution is 5.60. The second kappa shape index (κ2) is 6.25. The molecule has 0 radical (unpaired) electrons. The summed E-state index contributed by atoms with van der Waals surface area (Å²) in [5.74, 6) is 0.507. The SMILES string of the molecule is c1ccc(-c2cnc(-c3ccc(-c4cnccn4)nn3)nc2)nc1. The van der Waals surface area contributed by atoms with Crippen LogP contribution in [0.4, 0.5) is 0 Å². The van der Waals surface area contributed by atoms with E-state index in [-0.39, 0.29) is 0 Å². The molecule has 0 atom stereocenters. The molecule has 0 aliphatic carbocycles. The molecular weight excluding hydrogens is 302 g/mol. The summed E-state index contributed by atoms with van der Waals surface area (Å²) in [4.78, 5) is 21.2.